The number of unbranched alkanes of at least 4 members (excludes halogenated alkanes) is 2. The van der Waals surface area contributed by atoms with Crippen LogP contribution in [0.2, 0.25) is 0 Å². The molecule has 0 aliphatic carbocycles. The summed E-state index contributed by atoms with van der Waals surface area (Å²) >= 11 is 0. The van der Waals surface area contributed by atoms with Crippen molar-refractivity contribution in [1.82, 2.24) is 0 Å². The molecule has 0 saturated heterocycles. The minimum absolute atomic E-state index is 0.0808. The quantitative estimate of drug-likeness (QED) is 0.784. The smallest absolute Gasteiger partial charge is 0.265 e. The fourth-order valence-corrected chi connectivity index (χ4v) is 2.06. The van der Waals surface area contributed by atoms with Crippen LogP contribution in [0.4, 0.5) is 5.69 Å². The van der Waals surface area contributed by atoms with Gasteiger partial charge in [-0.15, -0.1) is 0 Å². The van der Waals surface area contributed by atoms with Crippen LogP contribution in [0.15, 0.2) is 18.2 Å². The van der Waals surface area contributed by atoms with E-state index in [2.05, 4.69) is 11.4 Å². The number of nitrogens with one attached hydrogen (secondary N) is 1. The van der Waals surface area contributed by atoms with Gasteiger partial charge in [-0.1, -0.05) is 12.5 Å². The second kappa shape index (κ2) is 5.87. The van der Waals surface area contributed by atoms with Crippen molar-refractivity contribution in [2.24, 2.45) is 5.73 Å². The lowest BCUT2D eigenvalue weighted by Gasteiger charge is -2.23. The molecule has 98 valence electrons. The Bertz CT molecular complexity index is 432. The van der Waals surface area contributed by atoms with E-state index in [1.54, 1.807) is 6.92 Å². The summed E-state index contributed by atoms with van der Waals surface area (Å²) in [7, 11) is 0. The molecule has 18 heavy (non-hydrogen) atoms. The Kier molecular flexibility index (Phi) is 4.20. The summed E-state index contributed by atoms with van der Waals surface area (Å²) < 4.78 is 5.51. The van der Waals surface area contributed by atoms with E-state index in [9.17, 15) is 4.79 Å². The Labute approximate surface area is 108 Å². The first-order valence-electron chi connectivity index (χ1n) is 6.51. The zero-order valence-corrected chi connectivity index (χ0v) is 10.7. The number of nitrogens with two attached hydrogens (primary N) is 1. The van der Waals surface area contributed by atoms with Gasteiger partial charge in [0.15, 0.2) is 6.10 Å². The van der Waals surface area contributed by atoms with Gasteiger partial charge in [-0.25, -0.2) is 0 Å². The number of anilines is 1. The first kappa shape index (κ1) is 12.9. The SMILES string of the molecule is CC1Oc2ccc(CCCCCN)cc2NC1=O. The van der Waals surface area contributed by atoms with Gasteiger partial charge in [-0.2, -0.15) is 0 Å². The molecule has 1 aromatic carbocycles. The van der Waals surface area contributed by atoms with Gasteiger partial charge in [0.25, 0.3) is 5.91 Å². The maximum absolute atomic E-state index is 11.5. The van der Waals surface area contributed by atoms with E-state index in [4.69, 9.17) is 10.5 Å². The molecule has 1 aliphatic heterocycles. The number of benzene rings is 1. The predicted octanol–water partition coefficient (Wildman–Crippen LogP) is 2.08. The molecule has 0 radical (unpaired) electrons. The molecule has 2 rings (SSSR count). The highest BCUT2D eigenvalue weighted by Crippen LogP contribution is 2.30. The minimum atomic E-state index is -0.409. The maximum Gasteiger partial charge on any atom is 0.265 e. The molecule has 1 aromatic rings. The van der Waals surface area contributed by atoms with Gasteiger partial charge in [-0.05, 0) is 50.4 Å². The molecule has 0 bridgehead atoms. The van der Waals surface area contributed by atoms with E-state index >= 15 is 0 Å². The highest BCUT2D eigenvalue weighted by molar-refractivity contribution is 5.97. The second-order valence-electron chi connectivity index (χ2n) is 4.68. The van der Waals surface area contributed by atoms with E-state index in [0.717, 1.165) is 43.7 Å². The van der Waals surface area contributed by atoms with Crippen molar-refractivity contribution in [3.8, 4) is 5.75 Å². The molecule has 0 saturated carbocycles. The van der Waals surface area contributed by atoms with Crippen LogP contribution in [0.1, 0.15) is 31.7 Å². The zero-order valence-electron chi connectivity index (χ0n) is 10.7. The number of rotatable bonds is 5. The summed E-state index contributed by atoms with van der Waals surface area (Å²) in [5.74, 6) is 0.676. The van der Waals surface area contributed by atoms with Crippen molar-refractivity contribution in [3.05, 3.63) is 23.8 Å². The molecule has 3 N–H and O–H groups in total. The number of aryl methyl sites for hydroxylation is 1. The molecule has 1 unspecified atom stereocenters. The third-order valence-corrected chi connectivity index (χ3v) is 3.14. The number of carbonyl (C=O) groups is 1. The van der Waals surface area contributed by atoms with Gasteiger partial charge >= 0.3 is 0 Å². The largest absolute Gasteiger partial charge is 0.479 e. The average molecular weight is 248 g/mol. The van der Waals surface area contributed by atoms with Crippen LogP contribution in [0.5, 0.6) is 5.75 Å². The van der Waals surface area contributed by atoms with E-state index in [0.29, 0.717) is 0 Å². The maximum atomic E-state index is 11.5. The molecular weight excluding hydrogens is 228 g/mol. The number of fused-ring (bicyclic) bond motifs is 1. The highest BCUT2D eigenvalue weighted by Gasteiger charge is 2.23. The first-order valence-corrected chi connectivity index (χ1v) is 6.51. The molecule has 1 amide bonds. The zero-order chi connectivity index (χ0) is 13.0. The van der Waals surface area contributed by atoms with Gasteiger partial charge in [-0.3, -0.25) is 4.79 Å². The van der Waals surface area contributed by atoms with Gasteiger partial charge in [0.2, 0.25) is 0 Å². The van der Waals surface area contributed by atoms with Crippen LogP contribution in [-0.4, -0.2) is 18.6 Å². The standard InChI is InChI=1S/C14H20N2O2/c1-10-14(17)16-12-9-11(5-3-2-4-8-15)6-7-13(12)18-10/h6-7,9-10H,2-5,8,15H2,1H3,(H,16,17). The van der Waals surface area contributed by atoms with Crippen molar-refractivity contribution in [3.63, 3.8) is 0 Å². The van der Waals surface area contributed by atoms with Crippen molar-refractivity contribution in [1.29, 1.82) is 0 Å². The number of hydrogen-bond donors (Lipinski definition) is 2. The summed E-state index contributed by atoms with van der Waals surface area (Å²) in [6.45, 7) is 2.50. The molecule has 1 aliphatic rings. The molecule has 0 spiro atoms. The number of amides is 1. The van der Waals surface area contributed by atoms with Crippen LogP contribution in [0.25, 0.3) is 0 Å². The number of ether oxygens (including phenoxy) is 1. The third-order valence-electron chi connectivity index (χ3n) is 3.14. The van der Waals surface area contributed by atoms with Crippen LogP contribution in [0.3, 0.4) is 0 Å². The average Bonchev–Trinajstić information content (AvgIpc) is 2.36. The van der Waals surface area contributed by atoms with Crippen LogP contribution in [0, 0.1) is 0 Å². The molecule has 4 heteroatoms. The van der Waals surface area contributed by atoms with Gasteiger partial charge in [0, 0.05) is 0 Å². The predicted molar refractivity (Wildman–Crippen MR) is 71.8 cm³/mol. The Morgan fingerprint density at radius 3 is 2.94 bits per heavy atom. The van der Waals surface area contributed by atoms with Crippen LogP contribution >= 0.6 is 0 Å². The monoisotopic (exact) mass is 248 g/mol. The Morgan fingerprint density at radius 1 is 1.33 bits per heavy atom. The topological polar surface area (TPSA) is 64.3 Å². The first-order chi connectivity index (χ1) is 8.70. The van der Waals surface area contributed by atoms with Crippen molar-refractivity contribution < 1.29 is 9.53 Å². The fourth-order valence-electron chi connectivity index (χ4n) is 2.06. The number of hydrogen-bond acceptors (Lipinski definition) is 3. The molecule has 1 heterocycles. The van der Waals surface area contributed by atoms with E-state index < -0.39 is 6.10 Å². The minimum Gasteiger partial charge on any atom is -0.479 e. The molecular formula is C14H20N2O2. The lowest BCUT2D eigenvalue weighted by Crippen LogP contribution is -2.34. The summed E-state index contributed by atoms with van der Waals surface area (Å²) in [5.41, 5.74) is 7.48. The van der Waals surface area contributed by atoms with E-state index in [1.165, 1.54) is 5.56 Å². The molecule has 0 aromatic heterocycles. The van der Waals surface area contributed by atoms with Crippen molar-refractivity contribution in [2.75, 3.05) is 11.9 Å². The number of carbonyl (C=O) groups excluding carboxylic acids is 1. The van der Waals surface area contributed by atoms with Crippen molar-refractivity contribution >= 4 is 11.6 Å². The Morgan fingerprint density at radius 2 is 2.17 bits per heavy atom. The van der Waals surface area contributed by atoms with Crippen LogP contribution in [-0.2, 0) is 11.2 Å². The highest BCUT2D eigenvalue weighted by atomic mass is 16.5. The lowest BCUT2D eigenvalue weighted by molar-refractivity contribution is -0.122. The summed E-state index contributed by atoms with van der Waals surface area (Å²) in [6, 6.07) is 6.00. The summed E-state index contributed by atoms with van der Waals surface area (Å²) in [5, 5.41) is 2.87. The summed E-state index contributed by atoms with van der Waals surface area (Å²) in [6.07, 6.45) is 3.95. The molecule has 0 fully saturated rings. The second-order valence-corrected chi connectivity index (χ2v) is 4.68. The van der Waals surface area contributed by atoms with E-state index in [1.807, 2.05) is 12.1 Å². The van der Waals surface area contributed by atoms with Crippen molar-refractivity contribution in [2.45, 2.75) is 38.7 Å². The Balaban J connectivity index is 1.99. The van der Waals surface area contributed by atoms with Gasteiger partial charge in [0.1, 0.15) is 5.75 Å². The summed E-state index contributed by atoms with van der Waals surface area (Å²) in [4.78, 5) is 11.5. The normalized spacial score (nSPS) is 17.9. The lowest BCUT2D eigenvalue weighted by atomic mass is 10.1. The third kappa shape index (κ3) is 3.01. The van der Waals surface area contributed by atoms with Gasteiger partial charge in [0.05, 0.1) is 5.69 Å². The van der Waals surface area contributed by atoms with Gasteiger partial charge < -0.3 is 15.8 Å². The Hall–Kier alpha value is -1.55. The van der Waals surface area contributed by atoms with Crippen LogP contribution < -0.4 is 15.8 Å². The van der Waals surface area contributed by atoms with E-state index in [-0.39, 0.29) is 5.91 Å². The molecule has 1 atom stereocenters. The fraction of sp³-hybridized carbons (Fsp3) is 0.500. The molecule has 4 nitrogen and oxygen atoms in total.